The van der Waals surface area contributed by atoms with E-state index in [1.807, 2.05) is 50.5 Å². The summed E-state index contributed by atoms with van der Waals surface area (Å²) in [6, 6.07) is 8.88. The lowest BCUT2D eigenvalue weighted by Gasteiger charge is -2.17. The molecule has 150 valence electrons. The van der Waals surface area contributed by atoms with Gasteiger partial charge in [0.1, 0.15) is 12.4 Å². The van der Waals surface area contributed by atoms with E-state index in [0.29, 0.717) is 17.3 Å². The number of benzene rings is 2. The Bertz CT molecular complexity index is 1040. The number of nitrogens with one attached hydrogen (secondary N) is 2. The van der Waals surface area contributed by atoms with Gasteiger partial charge in [-0.1, -0.05) is 12.1 Å². The summed E-state index contributed by atoms with van der Waals surface area (Å²) in [6.07, 6.45) is 2.29. The van der Waals surface area contributed by atoms with Crippen LogP contribution < -0.4 is 21.3 Å². The van der Waals surface area contributed by atoms with E-state index in [9.17, 15) is 9.18 Å². The van der Waals surface area contributed by atoms with E-state index in [1.54, 1.807) is 6.07 Å². The van der Waals surface area contributed by atoms with Crippen LogP contribution >= 0.6 is 0 Å². The fourth-order valence-corrected chi connectivity index (χ4v) is 2.96. The minimum Gasteiger partial charge on any atom is -0.489 e. The highest BCUT2D eigenvalue weighted by Crippen LogP contribution is 2.30. The monoisotopic (exact) mass is 395 g/mol. The largest absolute Gasteiger partial charge is 0.489 e. The molecule has 0 radical (unpaired) electrons. The molecule has 0 atom stereocenters. The van der Waals surface area contributed by atoms with Crippen molar-refractivity contribution in [1.29, 1.82) is 0 Å². The van der Waals surface area contributed by atoms with Crippen LogP contribution in [-0.4, -0.2) is 16.0 Å². The number of aryl methyl sites for hydroxylation is 3. The van der Waals surface area contributed by atoms with Gasteiger partial charge in [-0.15, -0.1) is 0 Å². The molecule has 29 heavy (non-hydrogen) atoms. The predicted octanol–water partition coefficient (Wildman–Crippen LogP) is 3.78. The first-order valence-electron chi connectivity index (χ1n) is 8.97. The normalized spacial score (nSPS) is 10.5. The molecular weight excluding hydrogens is 373 g/mol. The summed E-state index contributed by atoms with van der Waals surface area (Å²) in [5.74, 6) is 5.83. The number of carbonyl (C=O) groups is 1. The Labute approximate surface area is 168 Å². The Morgan fingerprint density at radius 3 is 2.52 bits per heavy atom. The molecule has 2 aromatic carbocycles. The molecule has 8 heteroatoms. The van der Waals surface area contributed by atoms with E-state index in [0.717, 1.165) is 40.2 Å². The number of hydrazine groups is 1. The van der Waals surface area contributed by atoms with Crippen molar-refractivity contribution in [3.8, 4) is 17.1 Å². The smallest absolute Gasteiger partial charge is 0.333 e. The topological polar surface area (TPSA) is 102 Å². The van der Waals surface area contributed by atoms with E-state index in [2.05, 4.69) is 15.3 Å². The molecule has 0 unspecified atom stereocenters. The number of halogens is 1. The summed E-state index contributed by atoms with van der Waals surface area (Å²) in [5.41, 5.74) is 7.11. The number of aromatic nitrogens is 2. The van der Waals surface area contributed by atoms with Gasteiger partial charge < -0.3 is 10.1 Å². The van der Waals surface area contributed by atoms with Crippen LogP contribution in [0.15, 0.2) is 42.7 Å². The molecule has 0 saturated carbocycles. The molecule has 7 nitrogen and oxygen atoms in total. The quantitative estimate of drug-likeness (QED) is 0.347. The lowest BCUT2D eigenvalue weighted by molar-refractivity contribution is 0.252. The summed E-state index contributed by atoms with van der Waals surface area (Å²) < 4.78 is 19.1. The van der Waals surface area contributed by atoms with Gasteiger partial charge in [0.2, 0.25) is 0 Å². The third-order valence-electron chi connectivity index (χ3n) is 4.54. The highest BCUT2D eigenvalue weighted by molar-refractivity contribution is 5.89. The number of hydrogen-bond acceptors (Lipinski definition) is 5. The average Bonchev–Trinajstić information content (AvgIpc) is 2.70. The van der Waals surface area contributed by atoms with Crippen LogP contribution in [-0.2, 0) is 6.61 Å². The van der Waals surface area contributed by atoms with Gasteiger partial charge in [-0.25, -0.2) is 25.0 Å². The molecule has 0 spiro atoms. The van der Waals surface area contributed by atoms with Gasteiger partial charge in [-0.2, -0.15) is 0 Å². The fraction of sp³-hybridized carbons (Fsp3) is 0.190. The van der Waals surface area contributed by atoms with Crippen LogP contribution in [0.1, 0.15) is 22.3 Å². The highest BCUT2D eigenvalue weighted by atomic mass is 19.1. The van der Waals surface area contributed by atoms with Gasteiger partial charge >= 0.3 is 6.03 Å². The molecule has 0 aliphatic heterocycles. The summed E-state index contributed by atoms with van der Waals surface area (Å²) in [7, 11) is 0. The third-order valence-corrected chi connectivity index (χ3v) is 4.54. The van der Waals surface area contributed by atoms with Crippen LogP contribution in [0.4, 0.5) is 14.9 Å². The highest BCUT2D eigenvalue weighted by Gasteiger charge is 2.13. The fourth-order valence-electron chi connectivity index (χ4n) is 2.96. The maximum absolute atomic E-state index is 13.1. The summed E-state index contributed by atoms with van der Waals surface area (Å²) in [6.45, 7) is 6.04. The number of anilines is 1. The standard InChI is InChI=1S/C21H22FN5O2/c1-12-5-4-6-18(26-21(28)27-23)17(12)11-29-19-8-13(2)16(7-14(19)3)20-24-9-15(22)10-25-20/h4-10H,11,23H2,1-3H3,(H2,26,27,28). The van der Waals surface area contributed by atoms with Gasteiger partial charge in [0.05, 0.1) is 12.4 Å². The number of urea groups is 1. The van der Waals surface area contributed by atoms with Crippen LogP contribution in [0.5, 0.6) is 5.75 Å². The molecule has 0 aliphatic carbocycles. The van der Waals surface area contributed by atoms with Gasteiger partial charge in [-0.3, -0.25) is 5.43 Å². The molecule has 0 aliphatic rings. The van der Waals surface area contributed by atoms with E-state index >= 15 is 0 Å². The minimum absolute atomic E-state index is 0.263. The number of amides is 2. The van der Waals surface area contributed by atoms with Gasteiger partial charge in [0.25, 0.3) is 0 Å². The van der Waals surface area contributed by atoms with Crippen molar-refractivity contribution in [3.05, 3.63) is 70.8 Å². The van der Waals surface area contributed by atoms with Gasteiger partial charge in [0.15, 0.2) is 11.6 Å². The summed E-state index contributed by atoms with van der Waals surface area (Å²) in [4.78, 5) is 19.7. The Balaban J connectivity index is 1.84. The van der Waals surface area contributed by atoms with Crippen LogP contribution in [0.3, 0.4) is 0 Å². The van der Waals surface area contributed by atoms with Crippen molar-refractivity contribution in [1.82, 2.24) is 15.4 Å². The number of nitrogens with zero attached hydrogens (tertiary/aromatic N) is 2. The van der Waals surface area contributed by atoms with Crippen LogP contribution in [0, 0.1) is 26.6 Å². The number of carbonyl (C=O) groups excluding carboxylic acids is 1. The zero-order valence-electron chi connectivity index (χ0n) is 16.4. The maximum atomic E-state index is 13.1. The Morgan fingerprint density at radius 2 is 1.83 bits per heavy atom. The molecular formula is C21H22FN5O2. The SMILES string of the molecule is Cc1cc(-c2ncc(F)cn2)c(C)cc1OCc1c(C)cccc1NC(=O)NN. The first kappa shape index (κ1) is 20.2. The first-order valence-corrected chi connectivity index (χ1v) is 8.97. The van der Waals surface area contributed by atoms with Crippen LogP contribution in [0.25, 0.3) is 11.4 Å². The predicted molar refractivity (Wildman–Crippen MR) is 109 cm³/mol. The zero-order valence-corrected chi connectivity index (χ0v) is 16.4. The second-order valence-electron chi connectivity index (χ2n) is 6.65. The van der Waals surface area contributed by atoms with Crippen molar-refractivity contribution in [3.63, 3.8) is 0 Å². The van der Waals surface area contributed by atoms with E-state index in [4.69, 9.17) is 10.6 Å². The molecule has 3 rings (SSSR count). The molecule has 3 aromatic rings. The maximum Gasteiger partial charge on any atom is 0.333 e. The van der Waals surface area contributed by atoms with Crippen molar-refractivity contribution in [2.45, 2.75) is 27.4 Å². The van der Waals surface area contributed by atoms with Crippen molar-refractivity contribution in [2.24, 2.45) is 5.84 Å². The molecule has 1 heterocycles. The van der Waals surface area contributed by atoms with E-state index < -0.39 is 11.8 Å². The Hall–Kier alpha value is -3.52. The van der Waals surface area contributed by atoms with Crippen LogP contribution in [0.2, 0.25) is 0 Å². The van der Waals surface area contributed by atoms with E-state index in [-0.39, 0.29) is 6.61 Å². The summed E-state index contributed by atoms with van der Waals surface area (Å²) >= 11 is 0. The number of nitrogens with two attached hydrogens (primary N) is 1. The lowest BCUT2D eigenvalue weighted by Crippen LogP contribution is -2.34. The van der Waals surface area contributed by atoms with Crippen molar-refractivity contribution >= 4 is 11.7 Å². The molecule has 2 amide bonds. The first-order chi connectivity index (χ1) is 13.9. The van der Waals surface area contributed by atoms with Crippen molar-refractivity contribution < 1.29 is 13.9 Å². The Morgan fingerprint density at radius 1 is 1.10 bits per heavy atom. The Kier molecular flexibility index (Phi) is 6.04. The van der Waals surface area contributed by atoms with E-state index in [1.165, 1.54) is 0 Å². The molecule has 1 aromatic heterocycles. The average molecular weight is 395 g/mol. The minimum atomic E-state index is -0.507. The van der Waals surface area contributed by atoms with Gasteiger partial charge in [0, 0.05) is 16.8 Å². The summed E-state index contributed by atoms with van der Waals surface area (Å²) in [5, 5.41) is 2.70. The third kappa shape index (κ3) is 4.67. The molecule has 0 fully saturated rings. The number of hydrogen-bond donors (Lipinski definition) is 3. The lowest BCUT2D eigenvalue weighted by atomic mass is 10.0. The van der Waals surface area contributed by atoms with Crippen molar-refractivity contribution in [2.75, 3.05) is 5.32 Å². The second kappa shape index (κ2) is 8.66. The number of ether oxygens (including phenoxy) is 1. The number of rotatable bonds is 5. The molecule has 0 bridgehead atoms. The zero-order chi connectivity index (χ0) is 21.0. The molecule has 4 N–H and O–H groups in total. The molecule has 0 saturated heterocycles. The second-order valence-corrected chi connectivity index (χ2v) is 6.65. The van der Waals surface area contributed by atoms with Gasteiger partial charge in [-0.05, 0) is 55.7 Å².